The predicted molar refractivity (Wildman–Crippen MR) is 93.9 cm³/mol. The van der Waals surface area contributed by atoms with Crippen molar-refractivity contribution >= 4 is 11.6 Å². The number of imidazole rings is 1. The van der Waals surface area contributed by atoms with Crippen molar-refractivity contribution in [2.75, 3.05) is 0 Å². The summed E-state index contributed by atoms with van der Waals surface area (Å²) in [5.41, 5.74) is 5.73. The van der Waals surface area contributed by atoms with Crippen LogP contribution >= 0.6 is 0 Å². The molecule has 0 fully saturated rings. The number of nitrogens with zero attached hydrogens (tertiary/aromatic N) is 2. The maximum absolute atomic E-state index is 12.3. The standard InChI is InChI=1S/C20H21N3O/c1-14-6-9-19-22-17(13-23(19)12-14)11-21-20(24)10-16-8-7-15-4-2-3-5-18(15)16/h2-6,9,12-13,16H,7-8,10-11H2,1H3,(H,21,24). The van der Waals surface area contributed by atoms with Crippen molar-refractivity contribution in [1.29, 1.82) is 0 Å². The number of pyridine rings is 1. The number of carbonyl (C=O) groups excluding carboxylic acids is 1. The molecule has 2 heterocycles. The number of fused-ring (bicyclic) bond motifs is 2. The third kappa shape index (κ3) is 2.92. The predicted octanol–water partition coefficient (Wildman–Crippen LogP) is 3.38. The molecule has 24 heavy (non-hydrogen) atoms. The van der Waals surface area contributed by atoms with E-state index in [1.165, 1.54) is 16.7 Å². The third-order valence-electron chi connectivity index (χ3n) is 4.80. The molecule has 1 N–H and O–H groups in total. The number of hydrogen-bond acceptors (Lipinski definition) is 2. The average molecular weight is 319 g/mol. The Kier molecular flexibility index (Phi) is 3.81. The summed E-state index contributed by atoms with van der Waals surface area (Å²) in [7, 11) is 0. The van der Waals surface area contributed by atoms with E-state index in [0.717, 1.165) is 24.2 Å². The zero-order valence-electron chi connectivity index (χ0n) is 13.8. The summed E-state index contributed by atoms with van der Waals surface area (Å²) in [4.78, 5) is 16.8. The lowest BCUT2D eigenvalue weighted by atomic mass is 9.97. The summed E-state index contributed by atoms with van der Waals surface area (Å²) >= 11 is 0. The summed E-state index contributed by atoms with van der Waals surface area (Å²) < 4.78 is 2.00. The van der Waals surface area contributed by atoms with E-state index < -0.39 is 0 Å². The van der Waals surface area contributed by atoms with Crippen LogP contribution in [0.15, 0.2) is 48.8 Å². The highest BCUT2D eigenvalue weighted by atomic mass is 16.1. The van der Waals surface area contributed by atoms with Crippen LogP contribution < -0.4 is 5.32 Å². The van der Waals surface area contributed by atoms with Crippen LogP contribution in [0.4, 0.5) is 0 Å². The van der Waals surface area contributed by atoms with Gasteiger partial charge < -0.3 is 9.72 Å². The minimum Gasteiger partial charge on any atom is -0.350 e. The van der Waals surface area contributed by atoms with Gasteiger partial charge in [0.05, 0.1) is 12.2 Å². The van der Waals surface area contributed by atoms with Gasteiger partial charge in [0.25, 0.3) is 0 Å². The Labute approximate surface area is 141 Å². The van der Waals surface area contributed by atoms with E-state index in [1.807, 2.05) is 28.9 Å². The molecule has 3 aromatic rings. The SMILES string of the molecule is Cc1ccc2nc(CNC(=O)CC3CCc4ccccc43)cn2c1. The van der Waals surface area contributed by atoms with Crippen LogP contribution in [0.1, 0.15) is 41.1 Å². The Morgan fingerprint density at radius 3 is 3.04 bits per heavy atom. The van der Waals surface area contributed by atoms with Crippen molar-refractivity contribution in [1.82, 2.24) is 14.7 Å². The number of rotatable bonds is 4. The summed E-state index contributed by atoms with van der Waals surface area (Å²) in [6.07, 6.45) is 6.74. The van der Waals surface area contributed by atoms with Gasteiger partial charge in [-0.2, -0.15) is 0 Å². The molecule has 0 radical (unpaired) electrons. The van der Waals surface area contributed by atoms with Crippen LogP contribution in [0.3, 0.4) is 0 Å². The molecule has 1 aliphatic carbocycles. The van der Waals surface area contributed by atoms with E-state index in [-0.39, 0.29) is 5.91 Å². The number of benzene rings is 1. The van der Waals surface area contributed by atoms with Gasteiger partial charge in [-0.25, -0.2) is 4.98 Å². The number of hydrogen-bond donors (Lipinski definition) is 1. The molecule has 2 aromatic heterocycles. The van der Waals surface area contributed by atoms with Gasteiger partial charge in [-0.1, -0.05) is 30.3 Å². The lowest BCUT2D eigenvalue weighted by Gasteiger charge is -2.11. The highest BCUT2D eigenvalue weighted by Gasteiger charge is 2.24. The highest BCUT2D eigenvalue weighted by Crippen LogP contribution is 2.35. The fourth-order valence-electron chi connectivity index (χ4n) is 3.58. The second-order valence-corrected chi connectivity index (χ2v) is 6.62. The number of aryl methyl sites for hydroxylation is 2. The van der Waals surface area contributed by atoms with Gasteiger partial charge in [0.1, 0.15) is 5.65 Å². The molecule has 1 aromatic carbocycles. The number of aromatic nitrogens is 2. The second kappa shape index (κ2) is 6.11. The van der Waals surface area contributed by atoms with Gasteiger partial charge in [0.2, 0.25) is 5.91 Å². The normalized spacial score (nSPS) is 16.3. The van der Waals surface area contributed by atoms with Crippen LogP contribution in [-0.2, 0) is 17.8 Å². The highest BCUT2D eigenvalue weighted by molar-refractivity contribution is 5.77. The summed E-state index contributed by atoms with van der Waals surface area (Å²) in [6, 6.07) is 12.5. The zero-order chi connectivity index (χ0) is 16.5. The third-order valence-corrected chi connectivity index (χ3v) is 4.80. The molecule has 0 aliphatic heterocycles. The lowest BCUT2D eigenvalue weighted by molar-refractivity contribution is -0.121. The van der Waals surface area contributed by atoms with Crippen molar-refractivity contribution in [3.63, 3.8) is 0 Å². The monoisotopic (exact) mass is 319 g/mol. The molecule has 0 spiro atoms. The quantitative estimate of drug-likeness (QED) is 0.801. The molecule has 0 bridgehead atoms. The first kappa shape index (κ1) is 14.9. The van der Waals surface area contributed by atoms with E-state index in [1.54, 1.807) is 0 Å². The van der Waals surface area contributed by atoms with Crippen molar-refractivity contribution in [2.45, 2.75) is 38.6 Å². The van der Waals surface area contributed by atoms with Gasteiger partial charge in [0.15, 0.2) is 0 Å². The smallest absolute Gasteiger partial charge is 0.220 e. The molecule has 122 valence electrons. The molecule has 0 saturated heterocycles. The average Bonchev–Trinajstić information content (AvgIpc) is 3.17. The topological polar surface area (TPSA) is 46.4 Å². The first-order valence-corrected chi connectivity index (χ1v) is 8.48. The van der Waals surface area contributed by atoms with Crippen LogP contribution in [0, 0.1) is 6.92 Å². The maximum atomic E-state index is 12.3. The number of carbonyl (C=O) groups is 1. The van der Waals surface area contributed by atoms with Crippen LogP contribution in [0.5, 0.6) is 0 Å². The lowest BCUT2D eigenvalue weighted by Crippen LogP contribution is -2.24. The number of amides is 1. The summed E-state index contributed by atoms with van der Waals surface area (Å²) in [5.74, 6) is 0.454. The molecule has 1 amide bonds. The largest absolute Gasteiger partial charge is 0.350 e. The van der Waals surface area contributed by atoms with Crippen molar-refractivity contribution in [2.24, 2.45) is 0 Å². The van der Waals surface area contributed by atoms with Gasteiger partial charge >= 0.3 is 0 Å². The van der Waals surface area contributed by atoms with Crippen LogP contribution in [-0.4, -0.2) is 15.3 Å². The van der Waals surface area contributed by atoms with Gasteiger partial charge in [-0.15, -0.1) is 0 Å². The molecular formula is C20H21N3O. The molecule has 1 unspecified atom stereocenters. The molecule has 1 atom stereocenters. The molecule has 4 nitrogen and oxygen atoms in total. The van der Waals surface area contributed by atoms with Crippen molar-refractivity contribution in [3.8, 4) is 0 Å². The van der Waals surface area contributed by atoms with E-state index in [2.05, 4.69) is 41.5 Å². The number of nitrogens with one attached hydrogen (secondary N) is 1. The van der Waals surface area contributed by atoms with Crippen molar-refractivity contribution in [3.05, 3.63) is 71.2 Å². The Morgan fingerprint density at radius 1 is 1.25 bits per heavy atom. The molecule has 0 saturated carbocycles. The summed E-state index contributed by atoms with van der Waals surface area (Å²) in [5, 5.41) is 3.02. The van der Waals surface area contributed by atoms with E-state index >= 15 is 0 Å². The van der Waals surface area contributed by atoms with Crippen LogP contribution in [0.25, 0.3) is 5.65 Å². The zero-order valence-corrected chi connectivity index (χ0v) is 13.8. The molecule has 4 rings (SSSR count). The van der Waals surface area contributed by atoms with Crippen LogP contribution in [0.2, 0.25) is 0 Å². The molecular weight excluding hydrogens is 298 g/mol. The second-order valence-electron chi connectivity index (χ2n) is 6.62. The molecule has 4 heteroatoms. The van der Waals surface area contributed by atoms with Gasteiger partial charge in [0, 0.05) is 18.8 Å². The first-order valence-electron chi connectivity index (χ1n) is 8.48. The maximum Gasteiger partial charge on any atom is 0.220 e. The van der Waals surface area contributed by atoms with Gasteiger partial charge in [-0.3, -0.25) is 4.79 Å². The van der Waals surface area contributed by atoms with Gasteiger partial charge in [-0.05, 0) is 48.4 Å². The Morgan fingerprint density at radius 2 is 2.12 bits per heavy atom. The minimum atomic E-state index is 0.102. The fraction of sp³-hybridized carbons (Fsp3) is 0.300. The van der Waals surface area contributed by atoms with E-state index in [4.69, 9.17) is 0 Å². The Hall–Kier alpha value is -2.62. The Bertz CT molecular complexity index is 897. The fourth-order valence-corrected chi connectivity index (χ4v) is 3.58. The molecule has 1 aliphatic rings. The minimum absolute atomic E-state index is 0.102. The van der Waals surface area contributed by atoms with E-state index in [0.29, 0.717) is 18.9 Å². The summed E-state index contributed by atoms with van der Waals surface area (Å²) in [6.45, 7) is 2.54. The first-order chi connectivity index (χ1) is 11.7. The van der Waals surface area contributed by atoms with E-state index in [9.17, 15) is 4.79 Å². The van der Waals surface area contributed by atoms with Crippen molar-refractivity contribution < 1.29 is 4.79 Å². The Balaban J connectivity index is 1.38.